The molecule has 1 aromatic carbocycles. The molecule has 228 valence electrons. The maximum Gasteiger partial charge on any atom is 0.222 e. The standard InChI is InChI=1S/C19H33NO.C16H33NO/c1-5-8-13-20(14-9-6-2)18-16-17(4)11-12-19(18)21-15-10-7-3;1-4-7-8-9-10-11-12-13-14-15-16(18)17(5-2)6-3/h11-12,16H,5-10,13-15H2,1-4H3;4-15H2,1-3H3. The molecule has 0 heterocycles. The van der Waals surface area contributed by atoms with Gasteiger partial charge in [0.25, 0.3) is 0 Å². The van der Waals surface area contributed by atoms with E-state index in [1.54, 1.807) is 0 Å². The van der Waals surface area contributed by atoms with Crippen LogP contribution in [-0.4, -0.2) is 43.6 Å². The van der Waals surface area contributed by atoms with E-state index in [1.165, 1.54) is 94.7 Å². The molecule has 0 bridgehead atoms. The highest BCUT2D eigenvalue weighted by Crippen LogP contribution is 2.30. The van der Waals surface area contributed by atoms with Crippen LogP contribution in [0.3, 0.4) is 0 Å². The molecule has 0 fully saturated rings. The number of aryl methyl sites for hydroxylation is 1. The van der Waals surface area contributed by atoms with Crippen molar-refractivity contribution in [3.8, 4) is 5.75 Å². The lowest BCUT2D eigenvalue weighted by atomic mass is 10.1. The highest BCUT2D eigenvalue weighted by molar-refractivity contribution is 5.76. The molecule has 0 saturated heterocycles. The minimum absolute atomic E-state index is 0.336. The van der Waals surface area contributed by atoms with E-state index in [4.69, 9.17) is 4.74 Å². The molecule has 0 aliphatic heterocycles. The Morgan fingerprint density at radius 2 is 1.18 bits per heavy atom. The number of hydrogen-bond donors (Lipinski definition) is 0. The summed E-state index contributed by atoms with van der Waals surface area (Å²) in [6, 6.07) is 6.58. The largest absolute Gasteiger partial charge is 0.491 e. The van der Waals surface area contributed by atoms with Crippen molar-refractivity contribution in [2.24, 2.45) is 0 Å². The van der Waals surface area contributed by atoms with Gasteiger partial charge in [-0.3, -0.25) is 4.79 Å². The van der Waals surface area contributed by atoms with Gasteiger partial charge in [-0.1, -0.05) is 104 Å². The fourth-order valence-electron chi connectivity index (χ4n) is 4.70. The van der Waals surface area contributed by atoms with E-state index in [9.17, 15) is 4.79 Å². The first kappa shape index (κ1) is 37.3. The van der Waals surface area contributed by atoms with Gasteiger partial charge in [0.1, 0.15) is 5.75 Å². The van der Waals surface area contributed by atoms with Crippen LogP contribution in [0.2, 0.25) is 0 Å². The Labute approximate surface area is 244 Å². The van der Waals surface area contributed by atoms with Gasteiger partial charge in [0.15, 0.2) is 0 Å². The summed E-state index contributed by atoms with van der Waals surface area (Å²) in [6.45, 7) is 20.0. The third kappa shape index (κ3) is 19.1. The SMILES string of the molecule is CCCCCCCCCCCC(=O)N(CC)CC.CCCCOc1ccc(C)cc1N(CCCC)CCCC. The van der Waals surface area contributed by atoms with Crippen molar-refractivity contribution in [1.29, 1.82) is 0 Å². The fraction of sp³-hybridized carbons (Fsp3) is 0.800. The molecule has 0 aliphatic carbocycles. The first-order valence-corrected chi connectivity index (χ1v) is 16.7. The molecule has 1 rings (SSSR count). The van der Waals surface area contributed by atoms with Crippen LogP contribution in [0, 0.1) is 6.92 Å². The van der Waals surface area contributed by atoms with Crippen LogP contribution in [0.1, 0.15) is 150 Å². The van der Waals surface area contributed by atoms with Crippen LogP contribution in [0.25, 0.3) is 0 Å². The number of rotatable bonds is 23. The van der Waals surface area contributed by atoms with Gasteiger partial charge in [-0.15, -0.1) is 0 Å². The van der Waals surface area contributed by atoms with Gasteiger partial charge < -0.3 is 14.5 Å². The van der Waals surface area contributed by atoms with E-state index in [0.717, 1.165) is 57.8 Å². The molecular weight excluding hydrogens is 480 g/mol. The molecule has 4 heteroatoms. The minimum atomic E-state index is 0.336. The second kappa shape index (κ2) is 26.5. The van der Waals surface area contributed by atoms with E-state index in [0.29, 0.717) is 5.91 Å². The number of nitrogens with zero attached hydrogens (tertiary/aromatic N) is 2. The van der Waals surface area contributed by atoms with Crippen LogP contribution < -0.4 is 9.64 Å². The molecule has 4 nitrogen and oxygen atoms in total. The first-order valence-electron chi connectivity index (χ1n) is 16.7. The van der Waals surface area contributed by atoms with Gasteiger partial charge in [0.2, 0.25) is 5.91 Å². The lowest BCUT2D eigenvalue weighted by molar-refractivity contribution is -0.130. The Morgan fingerprint density at radius 1 is 0.667 bits per heavy atom. The quantitative estimate of drug-likeness (QED) is 0.128. The van der Waals surface area contributed by atoms with E-state index >= 15 is 0 Å². The molecule has 0 radical (unpaired) electrons. The molecule has 0 aromatic heterocycles. The van der Waals surface area contributed by atoms with Crippen molar-refractivity contribution in [2.45, 2.75) is 151 Å². The predicted octanol–water partition coefficient (Wildman–Crippen LogP) is 10.4. The number of amides is 1. The van der Waals surface area contributed by atoms with Crippen molar-refractivity contribution in [3.05, 3.63) is 23.8 Å². The van der Waals surface area contributed by atoms with Crippen molar-refractivity contribution in [2.75, 3.05) is 37.7 Å². The van der Waals surface area contributed by atoms with Gasteiger partial charge >= 0.3 is 0 Å². The molecule has 0 aliphatic rings. The second-order valence-electron chi connectivity index (χ2n) is 11.0. The summed E-state index contributed by atoms with van der Waals surface area (Å²) in [5.41, 5.74) is 2.60. The van der Waals surface area contributed by atoms with E-state index in [2.05, 4.69) is 71.6 Å². The molecule has 0 spiro atoms. The van der Waals surface area contributed by atoms with E-state index < -0.39 is 0 Å². The molecule has 0 atom stereocenters. The molecule has 1 amide bonds. The zero-order chi connectivity index (χ0) is 29.1. The lowest BCUT2D eigenvalue weighted by Gasteiger charge is -2.27. The zero-order valence-corrected chi connectivity index (χ0v) is 27.3. The first-order chi connectivity index (χ1) is 19.0. The van der Waals surface area contributed by atoms with Crippen molar-refractivity contribution >= 4 is 11.6 Å². The maximum atomic E-state index is 11.7. The Bertz CT molecular complexity index is 679. The molecule has 0 unspecified atom stereocenters. The average Bonchev–Trinajstić information content (AvgIpc) is 2.94. The summed E-state index contributed by atoms with van der Waals surface area (Å²) in [6.07, 6.45) is 19.8. The number of carbonyl (C=O) groups is 1. The van der Waals surface area contributed by atoms with Crippen LogP contribution in [0.4, 0.5) is 5.69 Å². The van der Waals surface area contributed by atoms with Gasteiger partial charge in [0.05, 0.1) is 12.3 Å². The number of carbonyl (C=O) groups excluding carboxylic acids is 1. The monoisotopic (exact) mass is 547 g/mol. The number of unbranched alkanes of at least 4 members (excludes halogenated alkanes) is 11. The normalized spacial score (nSPS) is 10.6. The Balaban J connectivity index is 0.000000751. The number of anilines is 1. The third-order valence-electron chi connectivity index (χ3n) is 7.38. The van der Waals surface area contributed by atoms with Gasteiger partial charge in [-0.05, 0) is 64.2 Å². The van der Waals surface area contributed by atoms with Crippen LogP contribution >= 0.6 is 0 Å². The van der Waals surface area contributed by atoms with Gasteiger partial charge in [0, 0.05) is 32.6 Å². The van der Waals surface area contributed by atoms with Crippen molar-refractivity contribution < 1.29 is 9.53 Å². The van der Waals surface area contributed by atoms with Crippen molar-refractivity contribution in [3.63, 3.8) is 0 Å². The predicted molar refractivity (Wildman–Crippen MR) is 173 cm³/mol. The smallest absolute Gasteiger partial charge is 0.222 e. The third-order valence-corrected chi connectivity index (χ3v) is 7.38. The molecule has 39 heavy (non-hydrogen) atoms. The van der Waals surface area contributed by atoms with E-state index in [-0.39, 0.29) is 0 Å². The number of ether oxygens (including phenoxy) is 1. The Hall–Kier alpha value is -1.71. The Kier molecular flexibility index (Phi) is 25.3. The second-order valence-corrected chi connectivity index (χ2v) is 11.0. The summed E-state index contributed by atoms with van der Waals surface area (Å²) < 4.78 is 6.03. The molecule has 0 N–H and O–H groups in total. The summed E-state index contributed by atoms with van der Waals surface area (Å²) in [5.74, 6) is 1.39. The van der Waals surface area contributed by atoms with Crippen LogP contribution in [-0.2, 0) is 4.79 Å². The lowest BCUT2D eigenvalue weighted by Crippen LogP contribution is -2.30. The van der Waals surface area contributed by atoms with Crippen LogP contribution in [0.15, 0.2) is 18.2 Å². The fourth-order valence-corrected chi connectivity index (χ4v) is 4.70. The summed E-state index contributed by atoms with van der Waals surface area (Å²) >= 11 is 0. The Morgan fingerprint density at radius 3 is 1.69 bits per heavy atom. The summed E-state index contributed by atoms with van der Waals surface area (Å²) in [7, 11) is 0. The average molecular weight is 547 g/mol. The topological polar surface area (TPSA) is 32.8 Å². The van der Waals surface area contributed by atoms with Crippen LogP contribution in [0.5, 0.6) is 5.75 Å². The maximum absolute atomic E-state index is 11.7. The highest BCUT2D eigenvalue weighted by Gasteiger charge is 2.12. The highest BCUT2D eigenvalue weighted by atomic mass is 16.5. The molecule has 0 saturated carbocycles. The van der Waals surface area contributed by atoms with E-state index in [1.807, 2.05) is 4.90 Å². The number of benzene rings is 1. The zero-order valence-electron chi connectivity index (χ0n) is 27.3. The van der Waals surface area contributed by atoms with Gasteiger partial charge in [-0.25, -0.2) is 0 Å². The molecular formula is C35H66N2O2. The van der Waals surface area contributed by atoms with Gasteiger partial charge in [-0.2, -0.15) is 0 Å². The molecule has 1 aromatic rings. The summed E-state index contributed by atoms with van der Waals surface area (Å²) in [5, 5.41) is 0. The minimum Gasteiger partial charge on any atom is -0.491 e. The number of hydrogen-bond acceptors (Lipinski definition) is 3. The summed E-state index contributed by atoms with van der Waals surface area (Å²) in [4.78, 5) is 16.2. The van der Waals surface area contributed by atoms with Crippen molar-refractivity contribution in [1.82, 2.24) is 4.90 Å².